The lowest BCUT2D eigenvalue weighted by Gasteiger charge is -2.05. The van der Waals surface area contributed by atoms with Crippen molar-refractivity contribution < 1.29 is 13.5 Å². The lowest BCUT2D eigenvalue weighted by Crippen LogP contribution is -2.23. The minimum absolute atomic E-state index is 0.119. The van der Waals surface area contributed by atoms with Gasteiger partial charge in [-0.2, -0.15) is 4.40 Å². The smallest absolute Gasteiger partial charge is 0.252 e. The van der Waals surface area contributed by atoms with Crippen molar-refractivity contribution in [1.82, 2.24) is 0 Å². The number of hydrogen-bond donors (Lipinski definition) is 0. The first-order chi connectivity index (χ1) is 4.01. The summed E-state index contributed by atoms with van der Waals surface area (Å²) < 4.78 is 23.9. The maximum Gasteiger partial charge on any atom is 0.252 e. The summed E-state index contributed by atoms with van der Waals surface area (Å²) in [6.07, 6.45) is 0. The molecule has 0 amide bonds. The Balaban J connectivity index is 3.01. The molecule has 0 saturated carbocycles. The van der Waals surface area contributed by atoms with Crippen LogP contribution in [0.2, 0.25) is 0 Å². The molecule has 9 heavy (non-hydrogen) atoms. The van der Waals surface area contributed by atoms with Crippen LogP contribution in [0.5, 0.6) is 0 Å². The molecule has 1 aliphatic heterocycles. The highest BCUT2D eigenvalue weighted by molar-refractivity contribution is 7.90. The molecule has 0 N–H and O–H groups in total. The normalized spacial score (nSPS) is 32.1. The summed E-state index contributed by atoms with van der Waals surface area (Å²) in [6, 6.07) is 0. The van der Waals surface area contributed by atoms with Gasteiger partial charge in [0.25, 0.3) is 10.0 Å². The van der Waals surface area contributed by atoms with Crippen LogP contribution in [0.1, 0.15) is 6.92 Å². The fraction of sp³-hybridized carbons (Fsp3) is 0.750. The van der Waals surface area contributed by atoms with Crippen molar-refractivity contribution in [3.05, 3.63) is 0 Å². The van der Waals surface area contributed by atoms with Crippen molar-refractivity contribution in [2.75, 3.05) is 5.75 Å². The summed E-state index contributed by atoms with van der Waals surface area (Å²) >= 11 is 0. The maximum atomic E-state index is 10.5. The van der Waals surface area contributed by atoms with Crippen molar-refractivity contribution in [2.24, 2.45) is 10.3 Å². The summed E-state index contributed by atoms with van der Waals surface area (Å²) in [5, 5.41) is 10.4. The Morgan fingerprint density at radius 1 is 1.78 bits per heavy atom. The molecule has 0 saturated heterocycles. The zero-order valence-corrected chi connectivity index (χ0v) is 5.68. The van der Waals surface area contributed by atoms with Gasteiger partial charge in [-0.25, -0.2) is 8.42 Å². The highest BCUT2D eigenvalue weighted by Gasteiger charge is 2.21. The van der Waals surface area contributed by atoms with Gasteiger partial charge in [0.1, 0.15) is 0 Å². The summed E-state index contributed by atoms with van der Waals surface area (Å²) in [5.41, 5.74) is 0. The molecule has 4 nitrogen and oxygen atoms in total. The summed E-state index contributed by atoms with van der Waals surface area (Å²) in [7, 11) is -3.37. The first-order valence-electron chi connectivity index (χ1n) is 2.51. The largest absolute Gasteiger partial charge is 0.861 e. The molecule has 0 aliphatic carbocycles. The molecule has 1 atom stereocenters. The highest BCUT2D eigenvalue weighted by atomic mass is 32.2. The zero-order chi connectivity index (χ0) is 7.07. The average Bonchev–Trinajstić information content (AvgIpc) is 1.79. The first kappa shape index (κ1) is 6.54. The molecule has 5 heteroatoms. The molecular weight excluding hydrogens is 142 g/mol. The van der Waals surface area contributed by atoms with Crippen LogP contribution in [0.25, 0.3) is 0 Å². The van der Waals surface area contributed by atoms with E-state index in [9.17, 15) is 13.5 Å². The number of hydrogen-bond acceptors (Lipinski definition) is 3. The zero-order valence-electron chi connectivity index (χ0n) is 4.86. The Kier molecular flexibility index (Phi) is 1.23. The maximum absolute atomic E-state index is 10.5. The number of rotatable bonds is 0. The van der Waals surface area contributed by atoms with Gasteiger partial charge in [0.2, 0.25) is 0 Å². The summed E-state index contributed by atoms with van der Waals surface area (Å²) in [6.45, 7) is 1.55. The van der Waals surface area contributed by atoms with E-state index in [0.29, 0.717) is 0 Å². The van der Waals surface area contributed by atoms with Gasteiger partial charge in [-0.15, -0.1) is 0 Å². The van der Waals surface area contributed by atoms with Crippen molar-refractivity contribution >= 4 is 15.9 Å². The van der Waals surface area contributed by atoms with Crippen LogP contribution >= 0.6 is 0 Å². The van der Waals surface area contributed by atoms with Gasteiger partial charge in [-0.3, -0.25) is 0 Å². The minimum Gasteiger partial charge on any atom is -0.861 e. The van der Waals surface area contributed by atoms with E-state index in [1.54, 1.807) is 6.92 Å². The van der Waals surface area contributed by atoms with Gasteiger partial charge in [0.05, 0.1) is 5.75 Å². The minimum atomic E-state index is -3.37. The molecule has 0 spiro atoms. The van der Waals surface area contributed by atoms with Gasteiger partial charge < -0.3 is 5.11 Å². The monoisotopic (exact) mass is 148 g/mol. The fourth-order valence-corrected chi connectivity index (χ4v) is 1.95. The van der Waals surface area contributed by atoms with Gasteiger partial charge >= 0.3 is 0 Å². The molecule has 0 fully saturated rings. The van der Waals surface area contributed by atoms with E-state index < -0.39 is 21.8 Å². The third kappa shape index (κ3) is 1.21. The quantitative estimate of drug-likeness (QED) is 0.430. The number of sulfonamides is 1. The Hall–Kier alpha value is -0.580. The summed E-state index contributed by atoms with van der Waals surface area (Å²) in [5.74, 6) is -1.07. The molecule has 1 aliphatic rings. The predicted molar refractivity (Wildman–Crippen MR) is 30.4 cm³/mol. The van der Waals surface area contributed by atoms with Crippen LogP contribution in [0.3, 0.4) is 0 Å². The highest BCUT2D eigenvalue weighted by Crippen LogP contribution is 2.11. The fourth-order valence-electron chi connectivity index (χ4n) is 0.652. The van der Waals surface area contributed by atoms with Crippen molar-refractivity contribution in [3.8, 4) is 0 Å². The molecule has 0 aromatic rings. The molecule has 0 radical (unpaired) electrons. The Bertz CT molecular complexity index is 241. The van der Waals surface area contributed by atoms with Gasteiger partial charge in [0.15, 0.2) is 0 Å². The van der Waals surface area contributed by atoms with Crippen molar-refractivity contribution in [1.29, 1.82) is 0 Å². The van der Waals surface area contributed by atoms with Crippen LogP contribution in [0.15, 0.2) is 4.40 Å². The van der Waals surface area contributed by atoms with Gasteiger partial charge in [-0.1, -0.05) is 6.92 Å². The van der Waals surface area contributed by atoms with Crippen LogP contribution in [0, 0.1) is 5.92 Å². The molecule has 0 aromatic carbocycles. The molecule has 1 rings (SSSR count). The molecule has 1 unspecified atom stereocenters. The lowest BCUT2D eigenvalue weighted by atomic mass is 10.2. The van der Waals surface area contributed by atoms with Gasteiger partial charge in [0, 0.05) is 5.92 Å². The Morgan fingerprint density at radius 3 is 2.44 bits per heavy atom. The second-order valence-corrected chi connectivity index (χ2v) is 3.76. The second kappa shape index (κ2) is 1.70. The van der Waals surface area contributed by atoms with E-state index in [4.69, 9.17) is 0 Å². The SMILES string of the molecule is CC1CS(=O)(=O)N=C1[O-]. The Morgan fingerprint density at radius 2 is 2.33 bits per heavy atom. The molecular formula is C4H6NO3S-. The van der Waals surface area contributed by atoms with E-state index in [2.05, 4.69) is 4.40 Å². The molecule has 0 aromatic heterocycles. The topological polar surface area (TPSA) is 69.6 Å². The molecule has 1 heterocycles. The van der Waals surface area contributed by atoms with Crippen molar-refractivity contribution in [2.45, 2.75) is 6.92 Å². The lowest BCUT2D eigenvalue weighted by molar-refractivity contribution is -0.221. The Labute approximate surface area is 53.3 Å². The third-order valence-corrected chi connectivity index (χ3v) is 2.49. The van der Waals surface area contributed by atoms with Crippen molar-refractivity contribution in [3.63, 3.8) is 0 Å². The molecule has 52 valence electrons. The van der Waals surface area contributed by atoms with Gasteiger partial charge in [-0.05, 0) is 5.90 Å². The predicted octanol–water partition coefficient (Wildman–Crippen LogP) is -1.28. The standard InChI is InChI=1S/C4H7NO3S/c1-3-2-9(7,8)5-4(3)6/h3H,2H2,1H3,(H,5,6)/p-1. The van der Waals surface area contributed by atoms with Crippen LogP contribution in [-0.2, 0) is 10.0 Å². The van der Waals surface area contributed by atoms with Crippen LogP contribution in [-0.4, -0.2) is 20.1 Å². The van der Waals surface area contributed by atoms with E-state index in [0.717, 1.165) is 0 Å². The van der Waals surface area contributed by atoms with E-state index in [1.807, 2.05) is 0 Å². The summed E-state index contributed by atoms with van der Waals surface area (Å²) in [4.78, 5) is 0. The molecule has 0 bridgehead atoms. The third-order valence-electron chi connectivity index (χ3n) is 1.11. The van der Waals surface area contributed by atoms with E-state index in [-0.39, 0.29) is 5.75 Å². The number of nitrogens with zero attached hydrogens (tertiary/aromatic N) is 1. The second-order valence-electron chi connectivity index (χ2n) is 2.08. The van der Waals surface area contributed by atoms with Crippen LogP contribution in [0.4, 0.5) is 0 Å². The first-order valence-corrected chi connectivity index (χ1v) is 4.12. The average molecular weight is 148 g/mol. The van der Waals surface area contributed by atoms with Crippen LogP contribution < -0.4 is 5.11 Å². The van der Waals surface area contributed by atoms with E-state index in [1.165, 1.54) is 0 Å². The van der Waals surface area contributed by atoms with E-state index >= 15 is 0 Å².